The van der Waals surface area contributed by atoms with Crippen molar-refractivity contribution >= 4 is 22.0 Å². The van der Waals surface area contributed by atoms with Crippen LogP contribution in [0.25, 0.3) is 0 Å². The Morgan fingerprint density at radius 3 is 2.33 bits per heavy atom. The van der Waals surface area contributed by atoms with E-state index in [0.717, 1.165) is 5.69 Å². The maximum atomic E-state index is 13.2. The third-order valence-electron chi connectivity index (χ3n) is 4.28. The molecule has 8 heteroatoms. The van der Waals surface area contributed by atoms with Crippen LogP contribution in [0.1, 0.15) is 37.5 Å². The topological polar surface area (TPSA) is 66.9 Å². The number of benzene rings is 1. The SMILES string of the molecule is C#Cc1cc(N2CCN(C(=O)OC(C)(C)C)CC2)cc(CS(=O)(=O)F)c1C. The van der Waals surface area contributed by atoms with Crippen LogP contribution in [0.15, 0.2) is 12.1 Å². The van der Waals surface area contributed by atoms with E-state index in [1.54, 1.807) is 24.0 Å². The Balaban J connectivity index is 2.17. The van der Waals surface area contributed by atoms with Crippen molar-refractivity contribution in [2.45, 2.75) is 39.0 Å². The van der Waals surface area contributed by atoms with E-state index in [-0.39, 0.29) is 6.09 Å². The van der Waals surface area contributed by atoms with Gasteiger partial charge in [-0.15, -0.1) is 10.3 Å². The van der Waals surface area contributed by atoms with Gasteiger partial charge in [-0.3, -0.25) is 0 Å². The van der Waals surface area contributed by atoms with Gasteiger partial charge in [0.25, 0.3) is 0 Å². The zero-order valence-electron chi connectivity index (χ0n) is 16.1. The minimum absolute atomic E-state index is 0.345. The van der Waals surface area contributed by atoms with Crippen molar-refractivity contribution in [2.24, 2.45) is 0 Å². The Morgan fingerprint density at radius 2 is 1.85 bits per heavy atom. The number of ether oxygens (including phenoxy) is 1. The number of carbonyl (C=O) groups excluding carboxylic acids is 1. The molecule has 1 aliphatic rings. The molecule has 0 unspecified atom stereocenters. The Kier molecular flexibility index (Phi) is 6.05. The highest BCUT2D eigenvalue weighted by Gasteiger charge is 2.26. The number of hydrogen-bond acceptors (Lipinski definition) is 5. The van der Waals surface area contributed by atoms with E-state index in [1.807, 2.05) is 25.7 Å². The Hall–Kier alpha value is -2.27. The number of anilines is 1. The smallest absolute Gasteiger partial charge is 0.410 e. The van der Waals surface area contributed by atoms with Crippen molar-refractivity contribution in [2.75, 3.05) is 31.1 Å². The summed E-state index contributed by atoms with van der Waals surface area (Å²) < 4.78 is 40.7. The molecule has 1 heterocycles. The van der Waals surface area contributed by atoms with Gasteiger partial charge in [-0.05, 0) is 51.0 Å². The van der Waals surface area contributed by atoms with E-state index in [4.69, 9.17) is 11.2 Å². The number of hydrogen-bond donors (Lipinski definition) is 0. The lowest BCUT2D eigenvalue weighted by Gasteiger charge is -2.37. The van der Waals surface area contributed by atoms with Crippen LogP contribution in [-0.4, -0.2) is 51.2 Å². The minimum Gasteiger partial charge on any atom is -0.444 e. The van der Waals surface area contributed by atoms with Gasteiger partial charge < -0.3 is 14.5 Å². The molecule has 1 aromatic carbocycles. The first-order valence-electron chi connectivity index (χ1n) is 8.65. The summed E-state index contributed by atoms with van der Waals surface area (Å²) in [5.74, 6) is 1.82. The quantitative estimate of drug-likeness (QED) is 0.581. The molecule has 0 saturated carbocycles. The predicted octanol–water partition coefficient (Wildman–Crippen LogP) is 2.83. The minimum atomic E-state index is -4.67. The highest BCUT2D eigenvalue weighted by molar-refractivity contribution is 7.85. The second-order valence-electron chi connectivity index (χ2n) is 7.56. The Labute approximate surface area is 160 Å². The second-order valence-corrected chi connectivity index (χ2v) is 8.93. The molecule has 1 aromatic rings. The molecule has 1 amide bonds. The van der Waals surface area contributed by atoms with Gasteiger partial charge in [-0.1, -0.05) is 5.92 Å². The highest BCUT2D eigenvalue weighted by atomic mass is 32.3. The van der Waals surface area contributed by atoms with E-state index in [1.165, 1.54) is 0 Å². The third kappa shape index (κ3) is 5.86. The van der Waals surface area contributed by atoms with Gasteiger partial charge in [0.05, 0.1) is 0 Å². The number of terminal acetylenes is 1. The van der Waals surface area contributed by atoms with Crippen LogP contribution < -0.4 is 4.90 Å². The maximum absolute atomic E-state index is 13.2. The van der Waals surface area contributed by atoms with Crippen molar-refractivity contribution in [3.05, 3.63) is 28.8 Å². The number of piperazine rings is 1. The number of nitrogens with zero attached hydrogens (tertiary/aromatic N) is 2. The molecule has 0 spiro atoms. The average molecular weight is 396 g/mol. The van der Waals surface area contributed by atoms with Gasteiger partial charge in [0.1, 0.15) is 11.4 Å². The molecule has 6 nitrogen and oxygen atoms in total. The van der Waals surface area contributed by atoms with Crippen molar-refractivity contribution in [1.82, 2.24) is 4.90 Å². The molecule has 1 aliphatic heterocycles. The lowest BCUT2D eigenvalue weighted by Crippen LogP contribution is -2.50. The number of carbonyl (C=O) groups is 1. The van der Waals surface area contributed by atoms with E-state index in [2.05, 4.69) is 5.92 Å². The van der Waals surface area contributed by atoms with Gasteiger partial charge >= 0.3 is 16.3 Å². The van der Waals surface area contributed by atoms with Crippen molar-refractivity contribution in [1.29, 1.82) is 0 Å². The monoisotopic (exact) mass is 396 g/mol. The van der Waals surface area contributed by atoms with Gasteiger partial charge in [0, 0.05) is 37.4 Å². The van der Waals surface area contributed by atoms with Crippen LogP contribution in [0, 0.1) is 19.3 Å². The molecule has 0 aromatic heterocycles. The van der Waals surface area contributed by atoms with Crippen LogP contribution >= 0.6 is 0 Å². The fraction of sp³-hybridized carbons (Fsp3) is 0.526. The molecule has 27 heavy (non-hydrogen) atoms. The fourth-order valence-corrected chi connectivity index (χ4v) is 3.57. The highest BCUT2D eigenvalue weighted by Crippen LogP contribution is 2.26. The van der Waals surface area contributed by atoms with Crippen molar-refractivity contribution in [3.63, 3.8) is 0 Å². The zero-order chi connectivity index (χ0) is 20.4. The van der Waals surface area contributed by atoms with E-state index in [0.29, 0.717) is 42.9 Å². The lowest BCUT2D eigenvalue weighted by atomic mass is 10.0. The molecule has 0 atom stereocenters. The third-order valence-corrected chi connectivity index (χ3v) is 4.94. The molecule has 1 fully saturated rings. The molecular formula is C19H25FN2O4S. The molecule has 0 N–H and O–H groups in total. The van der Waals surface area contributed by atoms with E-state index in [9.17, 15) is 17.1 Å². The molecular weight excluding hydrogens is 371 g/mol. The summed E-state index contributed by atoms with van der Waals surface area (Å²) in [5, 5.41) is 0. The lowest BCUT2D eigenvalue weighted by molar-refractivity contribution is 0.0240. The molecule has 0 radical (unpaired) electrons. The van der Waals surface area contributed by atoms with Gasteiger partial charge in [-0.25, -0.2) is 4.79 Å². The first-order valence-corrected chi connectivity index (χ1v) is 10.2. The number of rotatable bonds is 3. The first-order chi connectivity index (χ1) is 12.4. The van der Waals surface area contributed by atoms with Crippen LogP contribution in [-0.2, 0) is 20.7 Å². The summed E-state index contributed by atoms with van der Waals surface area (Å²) >= 11 is 0. The van der Waals surface area contributed by atoms with Gasteiger partial charge in [-0.2, -0.15) is 8.42 Å². The fourth-order valence-electron chi connectivity index (χ4n) is 2.90. The Morgan fingerprint density at radius 1 is 1.26 bits per heavy atom. The average Bonchev–Trinajstić information content (AvgIpc) is 2.54. The van der Waals surface area contributed by atoms with Crippen molar-refractivity contribution in [3.8, 4) is 12.3 Å². The summed E-state index contributed by atoms with van der Waals surface area (Å²) in [6.07, 6.45) is 5.16. The van der Waals surface area contributed by atoms with Crippen LogP contribution in [0.3, 0.4) is 0 Å². The zero-order valence-corrected chi connectivity index (χ0v) is 16.9. The van der Waals surface area contributed by atoms with Crippen molar-refractivity contribution < 1.29 is 21.8 Å². The van der Waals surface area contributed by atoms with E-state index >= 15 is 0 Å². The summed E-state index contributed by atoms with van der Waals surface area (Å²) in [7, 11) is -4.67. The molecule has 0 aliphatic carbocycles. The molecule has 1 saturated heterocycles. The second kappa shape index (κ2) is 7.77. The summed E-state index contributed by atoms with van der Waals surface area (Å²) in [5.41, 5.74) is 1.61. The standard InChI is InChI=1S/C19H25FN2O4S/c1-6-15-11-17(12-16(14(15)2)13-27(20,24)25)21-7-9-22(10-8-21)18(23)26-19(3,4)5/h1,11-12H,7-10,13H2,2-5H3. The van der Waals surface area contributed by atoms with Crippen LogP contribution in [0.4, 0.5) is 14.4 Å². The van der Waals surface area contributed by atoms with E-state index < -0.39 is 21.6 Å². The molecule has 2 rings (SSSR count). The summed E-state index contributed by atoms with van der Waals surface area (Å²) in [4.78, 5) is 15.8. The molecule has 0 bridgehead atoms. The van der Waals surface area contributed by atoms with Gasteiger partial charge in [0.2, 0.25) is 0 Å². The number of halogens is 1. The summed E-state index contributed by atoms with van der Waals surface area (Å²) in [6.45, 7) is 9.12. The van der Waals surface area contributed by atoms with Crippen LogP contribution in [0.5, 0.6) is 0 Å². The van der Waals surface area contributed by atoms with Crippen LogP contribution in [0.2, 0.25) is 0 Å². The molecule has 148 valence electrons. The summed E-state index contributed by atoms with van der Waals surface area (Å²) in [6, 6.07) is 3.43. The number of amides is 1. The normalized spacial score (nSPS) is 15.4. The first kappa shape index (κ1) is 21.0. The largest absolute Gasteiger partial charge is 0.444 e. The maximum Gasteiger partial charge on any atom is 0.410 e. The van der Waals surface area contributed by atoms with Gasteiger partial charge in [0.15, 0.2) is 0 Å². The Bertz CT molecular complexity index is 861. The predicted molar refractivity (Wildman–Crippen MR) is 103 cm³/mol.